The van der Waals surface area contributed by atoms with Crippen molar-refractivity contribution in [3.8, 4) is 0 Å². The fraction of sp³-hybridized carbons (Fsp3) is 0.300. The minimum atomic E-state index is -0.135. The number of carbonyl (C=O) groups excluding carboxylic acids is 1. The first-order valence-electron chi connectivity index (χ1n) is 8.45. The van der Waals surface area contributed by atoms with Gasteiger partial charge in [0.1, 0.15) is 5.71 Å². The molecule has 1 heterocycles. The molecule has 130 valence electrons. The molecule has 0 bridgehead atoms. The molecular weight excluding hydrogens is 314 g/mol. The van der Waals surface area contributed by atoms with Gasteiger partial charge in [-0.25, -0.2) is 0 Å². The van der Waals surface area contributed by atoms with Crippen LogP contribution in [0.5, 0.6) is 0 Å². The van der Waals surface area contributed by atoms with Crippen LogP contribution in [-0.4, -0.2) is 31.4 Å². The van der Waals surface area contributed by atoms with Crippen LogP contribution in [0.25, 0.3) is 0 Å². The van der Waals surface area contributed by atoms with E-state index in [4.69, 9.17) is 4.74 Å². The Balaban J connectivity index is 1.85. The molecule has 1 aliphatic rings. The van der Waals surface area contributed by atoms with Gasteiger partial charge >= 0.3 is 0 Å². The summed E-state index contributed by atoms with van der Waals surface area (Å²) in [5, 5.41) is 9.51. The predicted molar refractivity (Wildman–Crippen MR) is 99.6 cm³/mol. The Labute approximate surface area is 148 Å². The second-order valence-electron chi connectivity index (χ2n) is 6.19. The Hall–Kier alpha value is -2.66. The average Bonchev–Trinajstić information content (AvgIpc) is 3.09. The van der Waals surface area contributed by atoms with Gasteiger partial charge in [0, 0.05) is 19.6 Å². The van der Waals surface area contributed by atoms with E-state index < -0.39 is 0 Å². The van der Waals surface area contributed by atoms with Gasteiger partial charge in [0.25, 0.3) is 5.91 Å². The Kier molecular flexibility index (Phi) is 5.46. The molecule has 2 atom stereocenters. The summed E-state index contributed by atoms with van der Waals surface area (Å²) >= 11 is 0. The Morgan fingerprint density at radius 3 is 2.48 bits per heavy atom. The molecule has 5 nitrogen and oxygen atoms in total. The number of hydrogen-bond acceptors (Lipinski definition) is 4. The normalized spacial score (nSPS) is 17.9. The fourth-order valence-electron chi connectivity index (χ4n) is 3.00. The second-order valence-corrected chi connectivity index (χ2v) is 6.19. The van der Waals surface area contributed by atoms with E-state index in [0.717, 1.165) is 11.3 Å². The number of para-hydroxylation sites is 1. The summed E-state index contributed by atoms with van der Waals surface area (Å²) in [5.74, 6) is -0.135. The number of carbonyl (C=O) groups is 1. The van der Waals surface area contributed by atoms with Crippen LogP contribution in [0.1, 0.15) is 24.9 Å². The number of anilines is 1. The molecule has 0 spiro atoms. The summed E-state index contributed by atoms with van der Waals surface area (Å²) in [6.07, 6.45) is 0.574. The van der Waals surface area contributed by atoms with Gasteiger partial charge in [-0.1, -0.05) is 48.5 Å². The highest BCUT2D eigenvalue weighted by Crippen LogP contribution is 2.34. The van der Waals surface area contributed by atoms with Crippen molar-refractivity contribution in [1.82, 2.24) is 5.32 Å². The zero-order chi connectivity index (χ0) is 17.6. The lowest BCUT2D eigenvalue weighted by Crippen LogP contribution is -2.39. The van der Waals surface area contributed by atoms with Gasteiger partial charge in [0.15, 0.2) is 0 Å². The molecule has 0 aliphatic carbocycles. The highest BCUT2D eigenvalue weighted by Gasteiger charge is 2.32. The summed E-state index contributed by atoms with van der Waals surface area (Å²) in [6.45, 7) is 2.39. The molecule has 2 aromatic rings. The van der Waals surface area contributed by atoms with E-state index >= 15 is 0 Å². The molecule has 25 heavy (non-hydrogen) atoms. The van der Waals surface area contributed by atoms with Crippen molar-refractivity contribution in [2.45, 2.75) is 25.4 Å². The van der Waals surface area contributed by atoms with E-state index in [9.17, 15) is 4.79 Å². The number of nitrogens with zero attached hydrogens (tertiary/aromatic N) is 2. The van der Waals surface area contributed by atoms with Gasteiger partial charge in [0.2, 0.25) is 0 Å². The van der Waals surface area contributed by atoms with Gasteiger partial charge in [0.05, 0.1) is 18.3 Å². The third kappa shape index (κ3) is 4.06. The number of hydrogen-bond donors (Lipinski definition) is 1. The van der Waals surface area contributed by atoms with Gasteiger partial charge in [-0.2, -0.15) is 5.10 Å². The van der Waals surface area contributed by atoms with Crippen LogP contribution in [0.15, 0.2) is 65.8 Å². The van der Waals surface area contributed by atoms with Crippen molar-refractivity contribution in [3.63, 3.8) is 0 Å². The molecule has 1 N–H and O–H groups in total. The van der Waals surface area contributed by atoms with Crippen LogP contribution < -0.4 is 10.3 Å². The first-order valence-corrected chi connectivity index (χ1v) is 8.45. The third-order valence-electron chi connectivity index (χ3n) is 4.17. The maximum atomic E-state index is 12.6. The molecule has 1 amide bonds. The number of hydrazone groups is 1. The minimum absolute atomic E-state index is 0.0158. The van der Waals surface area contributed by atoms with Crippen LogP contribution in [0.3, 0.4) is 0 Å². The van der Waals surface area contributed by atoms with E-state index in [0.29, 0.717) is 18.7 Å². The monoisotopic (exact) mass is 337 g/mol. The lowest BCUT2D eigenvalue weighted by atomic mass is 10.0. The molecule has 0 unspecified atom stereocenters. The Morgan fingerprint density at radius 2 is 1.84 bits per heavy atom. The molecule has 0 saturated carbocycles. The van der Waals surface area contributed by atoms with Crippen molar-refractivity contribution < 1.29 is 9.53 Å². The standard InChI is InChI=1S/C20H23N3O2/c1-15(14-25-2)21-20(24)18-13-19(16-9-5-3-6-10-16)23(22-18)17-11-7-4-8-12-17/h3-12,15,19H,13-14H2,1-2H3,(H,21,24)/t15-,19+/m0/s1. The minimum Gasteiger partial charge on any atom is -0.383 e. The van der Waals surface area contributed by atoms with Crippen LogP contribution in [-0.2, 0) is 9.53 Å². The molecule has 0 fully saturated rings. The first-order chi connectivity index (χ1) is 12.2. The van der Waals surface area contributed by atoms with Gasteiger partial charge in [-0.05, 0) is 24.6 Å². The summed E-state index contributed by atoms with van der Waals surface area (Å²) < 4.78 is 5.08. The van der Waals surface area contributed by atoms with Gasteiger partial charge < -0.3 is 10.1 Å². The maximum absolute atomic E-state index is 12.6. The zero-order valence-electron chi connectivity index (χ0n) is 14.6. The summed E-state index contributed by atoms with van der Waals surface area (Å²) in [6, 6.07) is 20.1. The molecule has 0 aromatic heterocycles. The number of nitrogens with one attached hydrogen (secondary N) is 1. The Bertz CT molecular complexity index is 731. The lowest BCUT2D eigenvalue weighted by molar-refractivity contribution is -0.115. The molecule has 1 aliphatic heterocycles. The average molecular weight is 337 g/mol. The SMILES string of the molecule is COC[C@H](C)NC(=O)C1=NN(c2ccccc2)[C@@H](c2ccccc2)C1. The zero-order valence-corrected chi connectivity index (χ0v) is 14.6. The molecule has 5 heteroatoms. The summed E-state index contributed by atoms with van der Waals surface area (Å²) in [4.78, 5) is 12.6. The number of rotatable bonds is 6. The quantitative estimate of drug-likeness (QED) is 0.881. The predicted octanol–water partition coefficient (Wildman–Crippen LogP) is 3.15. The fourth-order valence-corrected chi connectivity index (χ4v) is 3.00. The van der Waals surface area contributed by atoms with E-state index in [1.165, 1.54) is 0 Å². The lowest BCUT2D eigenvalue weighted by Gasteiger charge is -2.23. The number of amides is 1. The van der Waals surface area contributed by atoms with E-state index in [-0.39, 0.29) is 18.0 Å². The summed E-state index contributed by atoms with van der Waals surface area (Å²) in [5.41, 5.74) is 2.66. The number of ether oxygens (including phenoxy) is 1. The third-order valence-corrected chi connectivity index (χ3v) is 4.17. The van der Waals surface area contributed by atoms with E-state index in [1.54, 1.807) is 7.11 Å². The van der Waals surface area contributed by atoms with Gasteiger partial charge in [-0.3, -0.25) is 9.80 Å². The molecule has 0 saturated heterocycles. The maximum Gasteiger partial charge on any atom is 0.267 e. The number of benzene rings is 2. The van der Waals surface area contributed by atoms with Crippen molar-refractivity contribution in [3.05, 3.63) is 66.2 Å². The van der Waals surface area contributed by atoms with Crippen molar-refractivity contribution in [2.75, 3.05) is 18.7 Å². The van der Waals surface area contributed by atoms with Crippen LogP contribution in [0.2, 0.25) is 0 Å². The highest BCUT2D eigenvalue weighted by molar-refractivity contribution is 6.39. The van der Waals surface area contributed by atoms with Crippen LogP contribution in [0.4, 0.5) is 5.69 Å². The second kappa shape index (κ2) is 7.94. The van der Waals surface area contributed by atoms with Crippen molar-refractivity contribution in [2.24, 2.45) is 5.10 Å². The van der Waals surface area contributed by atoms with E-state index in [1.807, 2.05) is 60.5 Å². The largest absolute Gasteiger partial charge is 0.383 e. The topological polar surface area (TPSA) is 53.9 Å². The molecule has 3 rings (SSSR count). The Morgan fingerprint density at radius 1 is 1.20 bits per heavy atom. The van der Waals surface area contributed by atoms with Gasteiger partial charge in [-0.15, -0.1) is 0 Å². The van der Waals surface area contributed by atoms with Crippen molar-refractivity contribution >= 4 is 17.3 Å². The highest BCUT2D eigenvalue weighted by atomic mass is 16.5. The number of methoxy groups -OCH3 is 1. The van der Waals surface area contributed by atoms with E-state index in [2.05, 4.69) is 22.6 Å². The van der Waals surface area contributed by atoms with Crippen LogP contribution in [0, 0.1) is 0 Å². The smallest absolute Gasteiger partial charge is 0.267 e. The molecule has 2 aromatic carbocycles. The molecular formula is C20H23N3O2. The molecule has 0 radical (unpaired) electrons. The summed E-state index contributed by atoms with van der Waals surface area (Å²) in [7, 11) is 1.62. The first kappa shape index (κ1) is 17.2. The van der Waals surface area contributed by atoms with Crippen LogP contribution >= 0.6 is 0 Å². The van der Waals surface area contributed by atoms with Crippen molar-refractivity contribution in [1.29, 1.82) is 0 Å².